The van der Waals surface area contributed by atoms with Gasteiger partial charge in [0.2, 0.25) is 0 Å². The van der Waals surface area contributed by atoms with Gasteiger partial charge in [-0.05, 0) is 27.2 Å². The Balaban J connectivity index is 2.83. The maximum absolute atomic E-state index is 5.91. The van der Waals surface area contributed by atoms with E-state index in [9.17, 15) is 0 Å². The predicted molar refractivity (Wildman–Crippen MR) is 84.3 cm³/mol. The number of ether oxygens (including phenoxy) is 2. The maximum Gasteiger partial charge on any atom is 0.894 e. The third-order valence-corrected chi connectivity index (χ3v) is 4.72. The molecular weight excluding hydrogens is 304 g/mol. The van der Waals surface area contributed by atoms with Crippen LogP contribution in [0.2, 0.25) is 0 Å². The molecule has 2 atom stereocenters. The molecule has 0 radical (unpaired) electrons. The molecule has 1 fully saturated rings. The highest BCUT2D eigenvalue weighted by Crippen LogP contribution is 2.24. The van der Waals surface area contributed by atoms with Crippen LogP contribution in [0.4, 0.5) is 0 Å². The van der Waals surface area contributed by atoms with Crippen molar-refractivity contribution in [2.24, 2.45) is 0 Å². The first-order chi connectivity index (χ1) is 10.3. The van der Waals surface area contributed by atoms with E-state index in [0.717, 1.165) is 0 Å². The molecule has 1 rings (SSSR count). The topological polar surface area (TPSA) is 58.7 Å². The zero-order chi connectivity index (χ0) is 16.8. The second-order valence-electron chi connectivity index (χ2n) is 5.16. The van der Waals surface area contributed by atoms with Crippen molar-refractivity contribution in [1.82, 2.24) is 0 Å². The lowest BCUT2D eigenvalue weighted by Crippen LogP contribution is -2.50. The average Bonchev–Trinajstić information content (AvgIpc) is 3.15. The zero-order valence-corrected chi connectivity index (χ0v) is 14.8. The molecule has 0 saturated carbocycles. The van der Waals surface area contributed by atoms with Crippen molar-refractivity contribution in [2.45, 2.75) is 46.5 Å². The molecule has 0 bridgehead atoms. The fraction of sp³-hybridized carbons (Fsp3) is 0.600. The van der Waals surface area contributed by atoms with Crippen LogP contribution in [0.5, 0.6) is 0 Å². The fourth-order valence-electron chi connectivity index (χ4n) is 1.55. The standard InChI is InChI=1S/C15H26O6Si/c1-8-15(17-10-14-9-16-14)21-22(18-11(2)3,19-12(4)5)20-13(6)7/h14-15H,2,4,6,8-10H2,1,3,5,7H3. The zero-order valence-electron chi connectivity index (χ0n) is 13.8. The lowest BCUT2D eigenvalue weighted by molar-refractivity contribution is -0.138. The average molecular weight is 330 g/mol. The van der Waals surface area contributed by atoms with Crippen LogP contribution < -0.4 is 0 Å². The number of allylic oxidation sites excluding steroid dienone is 3. The van der Waals surface area contributed by atoms with Gasteiger partial charge in [-0.3, -0.25) is 4.43 Å². The lowest BCUT2D eigenvalue weighted by atomic mass is 10.4. The van der Waals surface area contributed by atoms with Gasteiger partial charge in [0.25, 0.3) is 0 Å². The van der Waals surface area contributed by atoms with Crippen molar-refractivity contribution in [1.29, 1.82) is 0 Å². The van der Waals surface area contributed by atoms with E-state index in [2.05, 4.69) is 19.7 Å². The summed E-state index contributed by atoms with van der Waals surface area (Å²) in [5.74, 6) is 1.23. The number of hydrogen-bond acceptors (Lipinski definition) is 6. The van der Waals surface area contributed by atoms with Crippen molar-refractivity contribution < 1.29 is 27.2 Å². The minimum absolute atomic E-state index is 0.139. The van der Waals surface area contributed by atoms with Crippen LogP contribution in [0, 0.1) is 0 Å². The SMILES string of the molecule is C=C(C)O[Si](OC(=C)C)(OC(=C)C)OC(CC)OCC1CO1. The molecular formula is C15H26O6Si. The Labute approximate surface area is 133 Å². The Kier molecular flexibility index (Phi) is 7.14. The van der Waals surface area contributed by atoms with Gasteiger partial charge in [0, 0.05) is 0 Å². The largest absolute Gasteiger partial charge is 0.894 e. The monoisotopic (exact) mass is 330 g/mol. The first-order valence-corrected chi connectivity index (χ1v) is 8.84. The Hall–Kier alpha value is -1.28. The molecule has 0 aromatic carbocycles. The predicted octanol–water partition coefficient (Wildman–Crippen LogP) is 3.24. The van der Waals surface area contributed by atoms with Crippen molar-refractivity contribution in [3.05, 3.63) is 37.0 Å². The molecule has 0 aromatic heterocycles. The third kappa shape index (κ3) is 7.12. The minimum atomic E-state index is -3.58. The van der Waals surface area contributed by atoms with Gasteiger partial charge in [0.1, 0.15) is 6.10 Å². The van der Waals surface area contributed by atoms with Gasteiger partial charge in [-0.25, -0.2) is 0 Å². The second kappa shape index (κ2) is 8.38. The number of rotatable bonds is 12. The van der Waals surface area contributed by atoms with Crippen LogP contribution in [0.15, 0.2) is 37.0 Å². The van der Waals surface area contributed by atoms with Crippen molar-refractivity contribution >= 4 is 9.05 Å². The van der Waals surface area contributed by atoms with Crippen LogP contribution in [0.1, 0.15) is 34.1 Å². The van der Waals surface area contributed by atoms with E-state index in [1.165, 1.54) is 0 Å². The first kappa shape index (κ1) is 18.8. The Morgan fingerprint density at radius 1 is 1.09 bits per heavy atom. The smallest absolute Gasteiger partial charge is 0.466 e. The molecule has 2 unspecified atom stereocenters. The molecule has 0 amide bonds. The van der Waals surface area contributed by atoms with Gasteiger partial charge in [-0.2, -0.15) is 0 Å². The van der Waals surface area contributed by atoms with Crippen LogP contribution in [0.25, 0.3) is 0 Å². The van der Waals surface area contributed by atoms with E-state index >= 15 is 0 Å². The molecule has 0 aromatic rings. The molecule has 126 valence electrons. The third-order valence-electron chi connectivity index (χ3n) is 2.38. The van der Waals surface area contributed by atoms with Crippen molar-refractivity contribution in [2.75, 3.05) is 13.2 Å². The second-order valence-corrected chi connectivity index (χ2v) is 7.00. The Morgan fingerprint density at radius 3 is 1.86 bits per heavy atom. The van der Waals surface area contributed by atoms with Crippen molar-refractivity contribution in [3.63, 3.8) is 0 Å². The lowest BCUT2D eigenvalue weighted by Gasteiger charge is -2.31. The number of hydrogen-bond donors (Lipinski definition) is 0. The fourth-order valence-corrected chi connectivity index (χ4v) is 3.66. The molecule has 0 N–H and O–H groups in total. The van der Waals surface area contributed by atoms with E-state index in [-0.39, 0.29) is 6.10 Å². The quantitative estimate of drug-likeness (QED) is 0.237. The van der Waals surface area contributed by atoms with E-state index < -0.39 is 15.3 Å². The van der Waals surface area contributed by atoms with Crippen molar-refractivity contribution in [3.8, 4) is 0 Å². The van der Waals surface area contributed by atoms with Crippen LogP contribution in [-0.4, -0.2) is 34.7 Å². The summed E-state index contributed by atoms with van der Waals surface area (Å²) in [6, 6.07) is 0. The molecule has 7 heteroatoms. The summed E-state index contributed by atoms with van der Waals surface area (Å²) in [5.41, 5.74) is 0. The van der Waals surface area contributed by atoms with E-state index in [1.54, 1.807) is 20.8 Å². The summed E-state index contributed by atoms with van der Waals surface area (Å²) in [6.45, 7) is 19.3. The highest BCUT2D eigenvalue weighted by atomic mass is 28.4. The van der Waals surface area contributed by atoms with Gasteiger partial charge in [0.05, 0.1) is 30.5 Å². The molecule has 1 aliphatic heterocycles. The Morgan fingerprint density at radius 2 is 1.55 bits per heavy atom. The van der Waals surface area contributed by atoms with E-state index in [1.807, 2.05) is 6.92 Å². The summed E-state index contributed by atoms with van der Waals surface area (Å²) in [5, 5.41) is 0. The van der Waals surface area contributed by atoms with Crippen LogP contribution in [-0.2, 0) is 27.2 Å². The van der Waals surface area contributed by atoms with Crippen LogP contribution in [0.3, 0.4) is 0 Å². The van der Waals surface area contributed by atoms with Gasteiger partial charge in [-0.1, -0.05) is 26.7 Å². The normalized spacial score (nSPS) is 18.3. The van der Waals surface area contributed by atoms with E-state index in [4.69, 9.17) is 27.2 Å². The molecule has 22 heavy (non-hydrogen) atoms. The summed E-state index contributed by atoms with van der Waals surface area (Å²) >= 11 is 0. The summed E-state index contributed by atoms with van der Waals surface area (Å²) in [7, 11) is -3.58. The molecule has 1 aliphatic rings. The molecule has 0 spiro atoms. The van der Waals surface area contributed by atoms with E-state index in [0.29, 0.717) is 36.9 Å². The van der Waals surface area contributed by atoms with Gasteiger partial charge in [0.15, 0.2) is 6.29 Å². The van der Waals surface area contributed by atoms with Gasteiger partial charge >= 0.3 is 9.05 Å². The highest BCUT2D eigenvalue weighted by Gasteiger charge is 2.56. The van der Waals surface area contributed by atoms with Gasteiger partial charge < -0.3 is 22.8 Å². The molecule has 6 nitrogen and oxygen atoms in total. The molecule has 0 aliphatic carbocycles. The summed E-state index contributed by atoms with van der Waals surface area (Å²) in [6.07, 6.45) is 0.189. The minimum Gasteiger partial charge on any atom is -0.466 e. The maximum atomic E-state index is 5.91. The highest BCUT2D eigenvalue weighted by molar-refractivity contribution is 6.54. The van der Waals surface area contributed by atoms with Gasteiger partial charge in [-0.15, -0.1) is 0 Å². The molecule has 1 saturated heterocycles. The Bertz CT molecular complexity index is 377. The summed E-state index contributed by atoms with van der Waals surface area (Å²) < 4.78 is 33.7. The van der Waals surface area contributed by atoms with Crippen LogP contribution >= 0.6 is 0 Å². The summed E-state index contributed by atoms with van der Waals surface area (Å²) in [4.78, 5) is 0. The number of epoxide rings is 1. The molecule has 1 heterocycles. The first-order valence-electron chi connectivity index (χ1n) is 7.21.